The van der Waals surface area contributed by atoms with Gasteiger partial charge in [0.2, 0.25) is 5.78 Å². The lowest BCUT2D eigenvalue weighted by molar-refractivity contribution is -0.169. The van der Waals surface area contributed by atoms with Gasteiger partial charge in [0, 0.05) is 28.4 Å². The number of aliphatic hydroxyl groups is 4. The van der Waals surface area contributed by atoms with E-state index in [1.165, 1.54) is 25.1 Å². The second kappa shape index (κ2) is 9.41. The number of amides is 1. The molecule has 0 aliphatic heterocycles. The number of likely N-dealkylation sites (N-methyl/N-ethyl adjacent to an activating group) is 1. The highest BCUT2D eigenvalue weighted by atomic mass is 32.2. The number of carbonyl (C=O) groups is 3. The predicted octanol–water partition coefficient (Wildman–Crippen LogP) is 1.15. The Morgan fingerprint density at radius 2 is 1.82 bits per heavy atom. The van der Waals surface area contributed by atoms with Gasteiger partial charge in [-0.2, -0.15) is 11.8 Å². The molecule has 0 heterocycles. The van der Waals surface area contributed by atoms with Crippen LogP contribution < -0.4 is 5.73 Å². The first-order valence-corrected chi connectivity index (χ1v) is 13.7. The molecule has 10 nitrogen and oxygen atoms in total. The minimum atomic E-state index is -2.91. The molecule has 4 aliphatic rings. The summed E-state index contributed by atoms with van der Waals surface area (Å²) in [7, 11) is 2.98. The second-order valence-electron chi connectivity index (χ2n) is 10.8. The number of aromatic hydroxyl groups is 1. The molecule has 0 aromatic heterocycles. The first-order valence-electron chi connectivity index (χ1n) is 12.7. The van der Waals surface area contributed by atoms with Crippen molar-refractivity contribution >= 4 is 35.0 Å². The van der Waals surface area contributed by atoms with Gasteiger partial charge in [-0.25, -0.2) is 0 Å². The smallest absolute Gasteiger partial charge is 0.255 e. The maximum absolute atomic E-state index is 14.1. The third-order valence-corrected chi connectivity index (χ3v) is 10.1. The quantitative estimate of drug-likeness (QED) is 0.294. The summed E-state index contributed by atoms with van der Waals surface area (Å²) in [5.74, 6) is -8.22. The number of Topliss-reactive ketones (excluding diaryl/α,β-unsaturated/α-hetero) is 2. The molecule has 1 aromatic rings. The summed E-state index contributed by atoms with van der Waals surface area (Å²) in [5.41, 5.74) is 1.74. The molecule has 11 heteroatoms. The van der Waals surface area contributed by atoms with Gasteiger partial charge < -0.3 is 31.3 Å². The lowest BCUT2D eigenvalue weighted by Crippen LogP contribution is -2.70. The number of nitrogens with zero attached hydrogens (tertiary/aromatic N) is 1. The van der Waals surface area contributed by atoms with Crippen molar-refractivity contribution in [2.75, 3.05) is 19.8 Å². The summed E-state index contributed by atoms with van der Waals surface area (Å²) in [6.45, 7) is 0. The average molecular weight is 545 g/mol. The standard InChI is InChI=1S/C27H32N2O8S/c1-29(2)20-19-22(32)16-13(10-38-11-6-3-4-7-11)12-8-5-9-14(30)15(12)21(31)17(16)24(34)27(19,37)25(35)18(23(20)33)26(28)36/h5,8-9,11,13,16,19-20,22,30-32,35,37H,3-4,6-7,10H2,1-2H3,(H2,28,36)/t13-,16+,19+,20-,22-,27-/m0/s1. The van der Waals surface area contributed by atoms with Crippen molar-refractivity contribution < 1.29 is 39.9 Å². The monoisotopic (exact) mass is 544 g/mol. The number of nitrogens with two attached hydrogens (primary N) is 1. The minimum Gasteiger partial charge on any atom is -0.508 e. The highest BCUT2D eigenvalue weighted by Crippen LogP contribution is 2.57. The molecule has 38 heavy (non-hydrogen) atoms. The van der Waals surface area contributed by atoms with Crippen LogP contribution in [0.15, 0.2) is 35.1 Å². The SMILES string of the molecule is CN(C)[C@@H]1C(=O)C(C(N)=O)=C(O)[C@@]2(O)C(=O)C3=C(O)c4c(O)cccc4[C@H](CSC4CCCC4)[C@H]3[C@H](O)[C@@H]12. The Balaban J connectivity index is 1.73. The number of hydrogen-bond donors (Lipinski definition) is 6. The number of hydrogen-bond acceptors (Lipinski definition) is 10. The summed E-state index contributed by atoms with van der Waals surface area (Å²) < 4.78 is 0. The molecule has 1 aromatic carbocycles. The molecule has 2 fully saturated rings. The lowest BCUT2D eigenvalue weighted by atomic mass is 9.54. The molecule has 1 amide bonds. The fraction of sp³-hybridized carbons (Fsp3) is 0.519. The number of carbonyl (C=O) groups excluding carboxylic acids is 3. The average Bonchev–Trinajstić information content (AvgIpc) is 3.37. The number of rotatable bonds is 5. The van der Waals surface area contributed by atoms with Crippen molar-refractivity contribution in [1.82, 2.24) is 4.90 Å². The molecule has 2 saturated carbocycles. The molecule has 0 bridgehead atoms. The van der Waals surface area contributed by atoms with E-state index in [4.69, 9.17) is 5.73 Å². The van der Waals surface area contributed by atoms with Gasteiger partial charge in [-0.3, -0.25) is 19.3 Å². The molecule has 5 rings (SSSR count). The highest BCUT2D eigenvalue weighted by Gasteiger charge is 2.68. The maximum atomic E-state index is 14.1. The number of phenols is 1. The van der Waals surface area contributed by atoms with Crippen molar-refractivity contribution in [2.45, 2.75) is 54.6 Å². The van der Waals surface area contributed by atoms with Crippen LogP contribution in [0, 0.1) is 11.8 Å². The number of phenolic OH excluding ortho intramolecular Hbond substituents is 1. The largest absolute Gasteiger partial charge is 0.508 e. The van der Waals surface area contributed by atoms with E-state index in [1.807, 2.05) is 0 Å². The summed E-state index contributed by atoms with van der Waals surface area (Å²) in [6.07, 6.45) is 2.72. The Labute approximate surface area is 223 Å². The first-order chi connectivity index (χ1) is 17.9. The Morgan fingerprint density at radius 1 is 1.16 bits per heavy atom. The third kappa shape index (κ3) is 3.63. The van der Waals surface area contributed by atoms with E-state index in [0.717, 1.165) is 25.7 Å². The zero-order chi connectivity index (χ0) is 27.7. The van der Waals surface area contributed by atoms with Crippen LogP contribution in [-0.4, -0.2) is 90.8 Å². The summed E-state index contributed by atoms with van der Waals surface area (Å²) in [4.78, 5) is 40.9. The van der Waals surface area contributed by atoms with E-state index in [2.05, 4.69) is 0 Å². The molecule has 4 aliphatic carbocycles. The topological polar surface area (TPSA) is 182 Å². The number of primary amides is 1. The van der Waals surface area contributed by atoms with E-state index in [-0.39, 0.29) is 16.9 Å². The number of benzene rings is 1. The molecule has 0 radical (unpaired) electrons. The van der Waals surface area contributed by atoms with Crippen molar-refractivity contribution in [1.29, 1.82) is 0 Å². The van der Waals surface area contributed by atoms with Crippen LogP contribution in [0.2, 0.25) is 0 Å². The zero-order valence-corrected chi connectivity index (χ0v) is 21.9. The van der Waals surface area contributed by atoms with Crippen LogP contribution >= 0.6 is 11.8 Å². The van der Waals surface area contributed by atoms with E-state index in [1.54, 1.807) is 23.9 Å². The second-order valence-corrected chi connectivity index (χ2v) is 12.2. The molecule has 7 N–H and O–H groups in total. The van der Waals surface area contributed by atoms with Crippen molar-refractivity contribution in [3.05, 3.63) is 46.2 Å². The van der Waals surface area contributed by atoms with Crippen LogP contribution in [-0.2, 0) is 14.4 Å². The van der Waals surface area contributed by atoms with Gasteiger partial charge in [-0.05, 0) is 38.6 Å². The van der Waals surface area contributed by atoms with Gasteiger partial charge >= 0.3 is 0 Å². The Kier molecular flexibility index (Phi) is 6.62. The Hall–Kier alpha value is -2.86. The maximum Gasteiger partial charge on any atom is 0.255 e. The summed E-state index contributed by atoms with van der Waals surface area (Å²) in [6, 6.07) is 3.34. The number of fused-ring (bicyclic) bond motifs is 3. The van der Waals surface area contributed by atoms with E-state index in [9.17, 15) is 39.9 Å². The van der Waals surface area contributed by atoms with E-state index >= 15 is 0 Å². The van der Waals surface area contributed by atoms with Crippen LogP contribution in [0.1, 0.15) is 42.7 Å². The summed E-state index contributed by atoms with van der Waals surface area (Å²) in [5, 5.41) is 57.1. The van der Waals surface area contributed by atoms with Crippen molar-refractivity contribution in [3.8, 4) is 5.75 Å². The van der Waals surface area contributed by atoms with Crippen LogP contribution in [0.25, 0.3) is 5.76 Å². The van der Waals surface area contributed by atoms with E-state index < -0.39 is 70.1 Å². The van der Waals surface area contributed by atoms with Crippen LogP contribution in [0.4, 0.5) is 0 Å². The van der Waals surface area contributed by atoms with Crippen LogP contribution in [0.3, 0.4) is 0 Å². The normalized spacial score (nSPS) is 33.4. The van der Waals surface area contributed by atoms with Gasteiger partial charge in [-0.15, -0.1) is 0 Å². The van der Waals surface area contributed by atoms with Gasteiger partial charge in [-0.1, -0.05) is 25.0 Å². The van der Waals surface area contributed by atoms with Gasteiger partial charge in [0.1, 0.15) is 22.8 Å². The highest BCUT2D eigenvalue weighted by molar-refractivity contribution is 7.99. The predicted molar refractivity (Wildman–Crippen MR) is 139 cm³/mol. The van der Waals surface area contributed by atoms with Crippen LogP contribution in [0.5, 0.6) is 5.75 Å². The fourth-order valence-corrected chi connectivity index (χ4v) is 8.42. The Bertz CT molecular complexity index is 1280. The number of ketones is 2. The molecule has 0 spiro atoms. The molecule has 204 valence electrons. The molecular weight excluding hydrogens is 512 g/mol. The lowest BCUT2D eigenvalue weighted by Gasteiger charge is -2.54. The zero-order valence-electron chi connectivity index (χ0n) is 21.1. The molecule has 0 unspecified atom stereocenters. The molecular formula is C27H32N2O8S. The van der Waals surface area contributed by atoms with Gasteiger partial charge in [0.05, 0.1) is 23.6 Å². The van der Waals surface area contributed by atoms with Gasteiger partial charge in [0.25, 0.3) is 5.91 Å². The third-order valence-electron chi connectivity index (χ3n) is 8.61. The van der Waals surface area contributed by atoms with Crippen molar-refractivity contribution in [3.63, 3.8) is 0 Å². The fourth-order valence-electron chi connectivity index (χ4n) is 6.89. The van der Waals surface area contributed by atoms with E-state index in [0.29, 0.717) is 16.6 Å². The van der Waals surface area contributed by atoms with Crippen molar-refractivity contribution in [2.24, 2.45) is 17.6 Å². The molecule has 6 atom stereocenters. The Morgan fingerprint density at radius 3 is 2.42 bits per heavy atom. The number of thioether (sulfide) groups is 1. The van der Waals surface area contributed by atoms with Gasteiger partial charge in [0.15, 0.2) is 11.4 Å². The minimum absolute atomic E-state index is 0.0213. The first kappa shape index (κ1) is 26.7. The summed E-state index contributed by atoms with van der Waals surface area (Å²) >= 11 is 1.69. The number of aliphatic hydroxyl groups excluding tert-OH is 3. The molecule has 0 saturated heterocycles.